The molecule has 0 radical (unpaired) electrons. The van der Waals surface area contributed by atoms with Crippen LogP contribution >= 0.6 is 0 Å². The van der Waals surface area contributed by atoms with Crippen LogP contribution in [0, 0.1) is 0 Å². The van der Waals surface area contributed by atoms with Crippen molar-refractivity contribution in [2.45, 2.75) is 18.4 Å². The van der Waals surface area contributed by atoms with Gasteiger partial charge in [0.15, 0.2) is 0 Å². The van der Waals surface area contributed by atoms with Crippen LogP contribution in [0.25, 0.3) is 0 Å². The summed E-state index contributed by atoms with van der Waals surface area (Å²) in [5.41, 5.74) is 4.20. The molecule has 1 aromatic carbocycles. The lowest BCUT2D eigenvalue weighted by atomic mass is 9.93. The molecule has 0 aliphatic carbocycles. The van der Waals surface area contributed by atoms with Gasteiger partial charge in [0, 0.05) is 52.2 Å². The van der Waals surface area contributed by atoms with Gasteiger partial charge in [0.1, 0.15) is 18.6 Å². The number of ether oxygens (including phenoxy) is 3. The maximum absolute atomic E-state index is 11.6. The maximum Gasteiger partial charge on any atom is 0.141 e. The number of nitrogens with zero attached hydrogens (tertiary/aromatic N) is 2. The largest absolute Gasteiger partial charge is 0.491 e. The molecule has 0 unspecified atom stereocenters. The van der Waals surface area contributed by atoms with Crippen molar-refractivity contribution in [2.75, 3.05) is 64.6 Å². The number of rotatable bonds is 8. The highest BCUT2D eigenvalue weighted by molar-refractivity contribution is 5.64. The molecule has 0 atom stereocenters. The number of anilines is 1. The van der Waals surface area contributed by atoms with E-state index < -0.39 is 5.54 Å². The van der Waals surface area contributed by atoms with Crippen LogP contribution in [-0.4, -0.2) is 76.6 Å². The Kier molecular flexibility index (Phi) is 6.85. The molecule has 2 fully saturated rings. The quantitative estimate of drug-likeness (QED) is 0.548. The van der Waals surface area contributed by atoms with E-state index in [0.717, 1.165) is 51.1 Å². The summed E-state index contributed by atoms with van der Waals surface area (Å²) >= 11 is 0. The topological polar surface area (TPSA) is 63.3 Å². The summed E-state index contributed by atoms with van der Waals surface area (Å²) in [5.74, 6) is 0.860. The molecule has 2 heterocycles. The second-order valence-corrected chi connectivity index (χ2v) is 6.81. The molecule has 7 heteroatoms. The van der Waals surface area contributed by atoms with Crippen molar-refractivity contribution in [1.29, 1.82) is 0 Å². The van der Waals surface area contributed by atoms with Gasteiger partial charge in [-0.05, 0) is 37.1 Å². The predicted molar refractivity (Wildman–Crippen MR) is 99.6 cm³/mol. The van der Waals surface area contributed by atoms with Gasteiger partial charge in [0.2, 0.25) is 0 Å². The van der Waals surface area contributed by atoms with E-state index in [-0.39, 0.29) is 0 Å². The lowest BCUT2D eigenvalue weighted by molar-refractivity contribution is -0.120. The Hall–Kier alpha value is -1.67. The Bertz CT molecular complexity index is 552. The number of aldehydes is 1. The number of hydrogen-bond donors (Lipinski definition) is 1. The fourth-order valence-electron chi connectivity index (χ4n) is 3.38. The molecule has 0 aromatic heterocycles. The van der Waals surface area contributed by atoms with Crippen LogP contribution in [-0.2, 0) is 14.3 Å². The molecular formula is C19H29N3O4. The minimum absolute atomic E-state index is 0.457. The Morgan fingerprint density at radius 3 is 2.42 bits per heavy atom. The summed E-state index contributed by atoms with van der Waals surface area (Å²) in [5, 5.41) is 2.18. The van der Waals surface area contributed by atoms with Gasteiger partial charge in [-0.1, -0.05) is 0 Å². The molecule has 2 saturated heterocycles. The van der Waals surface area contributed by atoms with Crippen LogP contribution in [0.3, 0.4) is 0 Å². The highest BCUT2D eigenvalue weighted by Crippen LogP contribution is 2.22. The molecular weight excluding hydrogens is 334 g/mol. The van der Waals surface area contributed by atoms with Gasteiger partial charge in [-0.2, -0.15) is 0 Å². The second-order valence-electron chi connectivity index (χ2n) is 6.81. The third-order valence-electron chi connectivity index (χ3n) is 5.03. The van der Waals surface area contributed by atoms with Gasteiger partial charge in [-0.15, -0.1) is 0 Å². The van der Waals surface area contributed by atoms with E-state index in [4.69, 9.17) is 14.2 Å². The van der Waals surface area contributed by atoms with Crippen molar-refractivity contribution in [1.82, 2.24) is 10.4 Å². The van der Waals surface area contributed by atoms with E-state index in [9.17, 15) is 4.79 Å². The standard InChI is InChI=1S/C19H29N3O4/c1-24-14-15-26-18-4-2-17(3-5-18)21-8-10-22(11-9-21)20-19(16-23)6-12-25-13-7-19/h2-5,16,20H,6-15H2,1H3. The predicted octanol–water partition coefficient (Wildman–Crippen LogP) is 1.09. The van der Waals surface area contributed by atoms with Crippen LogP contribution < -0.4 is 15.1 Å². The van der Waals surface area contributed by atoms with Crippen molar-refractivity contribution in [3.05, 3.63) is 24.3 Å². The highest BCUT2D eigenvalue weighted by Gasteiger charge is 2.34. The summed E-state index contributed by atoms with van der Waals surface area (Å²) in [6.07, 6.45) is 2.53. The van der Waals surface area contributed by atoms with Crippen LogP contribution in [0.1, 0.15) is 12.8 Å². The van der Waals surface area contributed by atoms with E-state index in [0.29, 0.717) is 26.4 Å². The summed E-state index contributed by atoms with van der Waals surface area (Å²) in [4.78, 5) is 13.9. The first kappa shape index (κ1) is 19.1. The summed E-state index contributed by atoms with van der Waals surface area (Å²) < 4.78 is 16.0. The number of piperazine rings is 1. The number of hydrogen-bond acceptors (Lipinski definition) is 7. The number of carbonyl (C=O) groups is 1. The van der Waals surface area contributed by atoms with E-state index in [1.54, 1.807) is 7.11 Å². The SMILES string of the molecule is COCCOc1ccc(N2CCN(NC3(C=O)CCOCC3)CC2)cc1. The number of benzene rings is 1. The van der Waals surface area contributed by atoms with Crippen LogP contribution in [0.4, 0.5) is 5.69 Å². The van der Waals surface area contributed by atoms with Crippen molar-refractivity contribution in [3.63, 3.8) is 0 Å². The van der Waals surface area contributed by atoms with Gasteiger partial charge in [0.25, 0.3) is 0 Å². The van der Waals surface area contributed by atoms with E-state index >= 15 is 0 Å². The molecule has 2 aliphatic rings. The van der Waals surface area contributed by atoms with Crippen LogP contribution in [0.5, 0.6) is 5.75 Å². The van der Waals surface area contributed by atoms with Crippen LogP contribution in [0.15, 0.2) is 24.3 Å². The molecule has 1 N–H and O–H groups in total. The average Bonchev–Trinajstić information content (AvgIpc) is 2.70. The monoisotopic (exact) mass is 363 g/mol. The Morgan fingerprint density at radius 1 is 1.12 bits per heavy atom. The number of hydrazine groups is 1. The fourth-order valence-corrected chi connectivity index (χ4v) is 3.38. The molecule has 0 bridgehead atoms. The minimum atomic E-state index is -0.457. The van der Waals surface area contributed by atoms with Crippen molar-refractivity contribution in [2.24, 2.45) is 0 Å². The van der Waals surface area contributed by atoms with Crippen molar-refractivity contribution in [3.8, 4) is 5.75 Å². The maximum atomic E-state index is 11.6. The summed E-state index contributed by atoms with van der Waals surface area (Å²) in [6.45, 7) is 6.03. The smallest absolute Gasteiger partial charge is 0.141 e. The zero-order valence-electron chi connectivity index (χ0n) is 15.5. The van der Waals surface area contributed by atoms with Crippen molar-refractivity contribution >= 4 is 12.0 Å². The van der Waals surface area contributed by atoms with Gasteiger partial charge in [0.05, 0.1) is 12.1 Å². The average molecular weight is 363 g/mol. The van der Waals surface area contributed by atoms with Gasteiger partial charge < -0.3 is 23.9 Å². The Balaban J connectivity index is 1.48. The molecule has 0 amide bonds. The third-order valence-corrected chi connectivity index (χ3v) is 5.03. The zero-order valence-corrected chi connectivity index (χ0v) is 15.5. The third kappa shape index (κ3) is 4.94. The molecule has 144 valence electrons. The van der Waals surface area contributed by atoms with E-state index in [1.165, 1.54) is 5.69 Å². The first-order chi connectivity index (χ1) is 12.7. The van der Waals surface area contributed by atoms with Gasteiger partial charge in [-0.3, -0.25) is 0 Å². The molecule has 2 aliphatic heterocycles. The first-order valence-electron chi connectivity index (χ1n) is 9.28. The molecule has 7 nitrogen and oxygen atoms in total. The molecule has 0 spiro atoms. The van der Waals surface area contributed by atoms with E-state index in [1.807, 2.05) is 12.1 Å². The Morgan fingerprint density at radius 2 is 1.81 bits per heavy atom. The lowest BCUT2D eigenvalue weighted by Gasteiger charge is -2.42. The number of carbonyl (C=O) groups excluding carboxylic acids is 1. The first-order valence-corrected chi connectivity index (χ1v) is 9.28. The molecule has 0 saturated carbocycles. The minimum Gasteiger partial charge on any atom is -0.491 e. The highest BCUT2D eigenvalue weighted by atomic mass is 16.5. The van der Waals surface area contributed by atoms with E-state index in [2.05, 4.69) is 27.5 Å². The summed E-state index contributed by atoms with van der Waals surface area (Å²) in [6, 6.07) is 8.19. The van der Waals surface area contributed by atoms with Crippen LogP contribution in [0.2, 0.25) is 0 Å². The van der Waals surface area contributed by atoms with Gasteiger partial charge in [-0.25, -0.2) is 10.4 Å². The van der Waals surface area contributed by atoms with Gasteiger partial charge >= 0.3 is 0 Å². The zero-order chi connectivity index (χ0) is 18.2. The Labute approximate surface area is 155 Å². The summed E-state index contributed by atoms with van der Waals surface area (Å²) in [7, 11) is 1.67. The second kappa shape index (κ2) is 9.32. The van der Waals surface area contributed by atoms with Crippen molar-refractivity contribution < 1.29 is 19.0 Å². The molecule has 1 aromatic rings. The lowest BCUT2D eigenvalue weighted by Crippen LogP contribution is -2.62. The normalized spacial score (nSPS) is 20.7. The fraction of sp³-hybridized carbons (Fsp3) is 0.632. The molecule has 3 rings (SSSR count). The molecule has 26 heavy (non-hydrogen) atoms. The number of nitrogens with one attached hydrogen (secondary N) is 1. The number of methoxy groups -OCH3 is 1.